The summed E-state index contributed by atoms with van der Waals surface area (Å²) in [7, 11) is 0. The second-order valence-electron chi connectivity index (χ2n) is 13.6. The van der Waals surface area contributed by atoms with E-state index >= 15 is 0 Å². The molecule has 0 radical (unpaired) electrons. The molecule has 260 valence electrons. The van der Waals surface area contributed by atoms with Crippen LogP contribution in [0, 0.1) is 23.7 Å². The zero-order chi connectivity index (χ0) is 33.7. The maximum absolute atomic E-state index is 12.9. The summed E-state index contributed by atoms with van der Waals surface area (Å²) >= 11 is 0. The lowest BCUT2D eigenvalue weighted by Gasteiger charge is -2.27. The molecule has 0 spiro atoms. The summed E-state index contributed by atoms with van der Waals surface area (Å²) in [4.78, 5) is 36.8. The summed E-state index contributed by atoms with van der Waals surface area (Å²) in [6, 6.07) is 7.92. The van der Waals surface area contributed by atoms with Gasteiger partial charge >= 0.3 is 17.9 Å². The first kappa shape index (κ1) is 38.3. The molecule has 47 heavy (non-hydrogen) atoms. The highest BCUT2D eigenvalue weighted by Gasteiger charge is 2.32. The van der Waals surface area contributed by atoms with Crippen LogP contribution in [0.15, 0.2) is 60.9 Å². The van der Waals surface area contributed by atoms with Gasteiger partial charge in [0.1, 0.15) is 11.5 Å². The van der Waals surface area contributed by atoms with Crippen molar-refractivity contribution in [3.05, 3.63) is 66.5 Å². The van der Waals surface area contributed by atoms with Crippen LogP contribution >= 0.6 is 0 Å². The predicted octanol–water partition coefficient (Wildman–Crippen LogP) is 10.4. The van der Waals surface area contributed by atoms with Gasteiger partial charge in [0.2, 0.25) is 0 Å². The van der Waals surface area contributed by atoms with Crippen molar-refractivity contribution >= 4 is 17.9 Å². The van der Waals surface area contributed by atoms with Gasteiger partial charge in [-0.1, -0.05) is 109 Å². The van der Waals surface area contributed by atoms with Gasteiger partial charge in [0.05, 0.1) is 18.4 Å². The van der Waals surface area contributed by atoms with E-state index < -0.39 is 0 Å². The Balaban J connectivity index is 1.23. The van der Waals surface area contributed by atoms with E-state index in [0.29, 0.717) is 55.6 Å². The smallest absolute Gasteiger partial charge is 0.330 e. The third-order valence-corrected chi connectivity index (χ3v) is 9.78. The minimum atomic E-state index is -0.336. The van der Waals surface area contributed by atoms with Crippen LogP contribution in [-0.2, 0) is 30.3 Å². The van der Waals surface area contributed by atoms with E-state index in [2.05, 4.69) is 44.7 Å². The van der Waals surface area contributed by atoms with Crippen molar-refractivity contribution in [1.82, 2.24) is 0 Å². The first-order chi connectivity index (χ1) is 22.9. The quantitative estimate of drug-likeness (QED) is 0.0539. The number of allylic oxidation sites excluding steroid dienone is 3. The number of hydrogen-bond donors (Lipinski definition) is 0. The molecule has 2 aliphatic rings. The Kier molecular flexibility index (Phi) is 18.3. The number of benzene rings is 1. The molecule has 2 unspecified atom stereocenters. The number of unbranched alkanes of at least 4 members (excludes halogenated alkanes) is 11. The van der Waals surface area contributed by atoms with Gasteiger partial charge < -0.3 is 14.2 Å². The Bertz CT molecular complexity index is 1140. The van der Waals surface area contributed by atoms with E-state index in [1.807, 2.05) is 18.2 Å². The fraction of sp³-hybridized carbons (Fsp3) is 0.634. The number of ether oxygens (including phenoxy) is 3. The first-order valence-corrected chi connectivity index (χ1v) is 18.6. The van der Waals surface area contributed by atoms with Crippen molar-refractivity contribution in [3.63, 3.8) is 0 Å². The van der Waals surface area contributed by atoms with Gasteiger partial charge in [0, 0.05) is 6.08 Å². The highest BCUT2D eigenvalue weighted by molar-refractivity contribution is 5.81. The highest BCUT2D eigenvalue weighted by atomic mass is 16.5. The van der Waals surface area contributed by atoms with Crippen LogP contribution < -0.4 is 4.74 Å². The van der Waals surface area contributed by atoms with Gasteiger partial charge in [-0.25, -0.2) is 4.79 Å². The summed E-state index contributed by atoms with van der Waals surface area (Å²) in [5, 5.41) is 0. The lowest BCUT2D eigenvalue weighted by atomic mass is 9.82. The number of rotatable bonds is 22. The van der Waals surface area contributed by atoms with Crippen molar-refractivity contribution in [1.29, 1.82) is 0 Å². The van der Waals surface area contributed by atoms with E-state index in [1.54, 1.807) is 0 Å². The molecule has 0 aliphatic heterocycles. The molecule has 1 aromatic rings. The molecule has 1 saturated carbocycles. The van der Waals surface area contributed by atoms with E-state index in [9.17, 15) is 14.4 Å². The highest BCUT2D eigenvalue weighted by Crippen LogP contribution is 2.33. The van der Waals surface area contributed by atoms with Gasteiger partial charge in [0.15, 0.2) is 0 Å². The van der Waals surface area contributed by atoms with Gasteiger partial charge in [-0.15, -0.1) is 0 Å². The molecule has 6 nitrogen and oxygen atoms in total. The summed E-state index contributed by atoms with van der Waals surface area (Å²) in [5.74, 6) is 1.10. The summed E-state index contributed by atoms with van der Waals surface area (Å²) < 4.78 is 16.5. The number of esters is 3. The second kappa shape index (κ2) is 22.4. The topological polar surface area (TPSA) is 78.9 Å². The standard InChI is InChI=1S/C41H60O6/c1-4-6-7-16-19-34-26-29-38(31-32(34)3)47-41(44)36-24-22-35(23-25-36)40(43)46-37-27-20-33(21-28-37)18-15-13-11-9-8-10-12-14-17-30-45-39(42)5-2/h5,20-21,26-29,31-32,34-36H,2,4,6-19,22-25,30H2,1,3H3. The molecule has 1 aromatic carbocycles. The predicted molar refractivity (Wildman–Crippen MR) is 189 cm³/mol. The van der Waals surface area contributed by atoms with Crippen LogP contribution in [-0.4, -0.2) is 24.5 Å². The molecular weight excluding hydrogens is 588 g/mol. The molecule has 0 amide bonds. The van der Waals surface area contributed by atoms with Crippen LogP contribution in [0.2, 0.25) is 0 Å². The van der Waals surface area contributed by atoms with Crippen LogP contribution in [0.3, 0.4) is 0 Å². The Morgan fingerprint density at radius 3 is 1.94 bits per heavy atom. The molecular formula is C41H60O6. The maximum atomic E-state index is 12.9. The zero-order valence-corrected chi connectivity index (χ0v) is 29.2. The first-order valence-electron chi connectivity index (χ1n) is 18.6. The lowest BCUT2D eigenvalue weighted by molar-refractivity contribution is -0.148. The molecule has 1 fully saturated rings. The summed E-state index contributed by atoms with van der Waals surface area (Å²) in [6.45, 7) is 8.33. The fourth-order valence-electron chi connectivity index (χ4n) is 6.65. The Labute approximate surface area is 284 Å². The van der Waals surface area contributed by atoms with E-state index in [4.69, 9.17) is 14.2 Å². The van der Waals surface area contributed by atoms with Crippen LogP contribution in [0.4, 0.5) is 0 Å². The third-order valence-electron chi connectivity index (χ3n) is 9.78. The summed E-state index contributed by atoms with van der Waals surface area (Å²) in [6.07, 6.45) is 28.0. The van der Waals surface area contributed by atoms with E-state index in [0.717, 1.165) is 25.7 Å². The van der Waals surface area contributed by atoms with Crippen molar-refractivity contribution in [2.24, 2.45) is 23.7 Å². The zero-order valence-electron chi connectivity index (χ0n) is 29.2. The largest absolute Gasteiger partial charge is 0.463 e. The minimum absolute atomic E-state index is 0.165. The Morgan fingerprint density at radius 2 is 1.34 bits per heavy atom. The molecule has 0 bridgehead atoms. The number of hydrogen-bond acceptors (Lipinski definition) is 6. The maximum Gasteiger partial charge on any atom is 0.330 e. The SMILES string of the molecule is C=CC(=O)OCCCCCCCCCCCc1ccc(OC(=O)C2CCC(C(=O)OC3=CC(C)C(CCCCCC)C=C3)CC2)cc1. The van der Waals surface area contributed by atoms with Crippen LogP contribution in [0.1, 0.15) is 135 Å². The molecule has 0 N–H and O–H groups in total. The summed E-state index contributed by atoms with van der Waals surface area (Å²) in [5.41, 5.74) is 1.26. The third kappa shape index (κ3) is 15.1. The molecule has 0 heterocycles. The Morgan fingerprint density at radius 1 is 0.766 bits per heavy atom. The van der Waals surface area contributed by atoms with E-state index in [1.165, 1.54) is 82.3 Å². The van der Waals surface area contributed by atoms with E-state index in [-0.39, 0.29) is 29.7 Å². The number of aryl methyl sites for hydroxylation is 1. The molecule has 3 rings (SSSR count). The molecule has 2 atom stereocenters. The Hall–Kier alpha value is -3.15. The molecule has 6 heteroatoms. The normalized spacial score (nSPS) is 20.7. The number of carbonyl (C=O) groups excluding carboxylic acids is 3. The van der Waals surface area contributed by atoms with Crippen molar-refractivity contribution < 1.29 is 28.6 Å². The van der Waals surface area contributed by atoms with Gasteiger partial charge in [0.25, 0.3) is 0 Å². The molecule has 0 saturated heterocycles. The van der Waals surface area contributed by atoms with Crippen LogP contribution in [0.5, 0.6) is 5.75 Å². The average molecular weight is 649 g/mol. The van der Waals surface area contributed by atoms with Gasteiger partial charge in [-0.2, -0.15) is 0 Å². The fourth-order valence-corrected chi connectivity index (χ4v) is 6.65. The van der Waals surface area contributed by atoms with Crippen LogP contribution in [0.25, 0.3) is 0 Å². The van der Waals surface area contributed by atoms with Crippen molar-refractivity contribution in [3.8, 4) is 5.75 Å². The van der Waals surface area contributed by atoms with Crippen molar-refractivity contribution in [2.45, 2.75) is 136 Å². The lowest BCUT2D eigenvalue weighted by Crippen LogP contribution is -2.29. The minimum Gasteiger partial charge on any atom is -0.463 e. The molecule has 2 aliphatic carbocycles. The second-order valence-corrected chi connectivity index (χ2v) is 13.6. The molecule has 0 aromatic heterocycles. The monoisotopic (exact) mass is 648 g/mol. The van der Waals surface area contributed by atoms with Crippen molar-refractivity contribution in [2.75, 3.05) is 6.61 Å². The average Bonchev–Trinajstić information content (AvgIpc) is 3.08. The van der Waals surface area contributed by atoms with Gasteiger partial charge in [-0.05, 0) is 93.1 Å². The van der Waals surface area contributed by atoms with Gasteiger partial charge in [-0.3, -0.25) is 9.59 Å². The number of carbonyl (C=O) groups is 3.